The van der Waals surface area contributed by atoms with Gasteiger partial charge in [0.15, 0.2) is 0 Å². The average molecular weight is 377 g/mol. The molecule has 9 nitrogen and oxygen atoms in total. The molecular weight excluding hydrogens is 350 g/mol. The van der Waals surface area contributed by atoms with Crippen molar-refractivity contribution < 1.29 is 27.9 Å². The van der Waals surface area contributed by atoms with Crippen LogP contribution in [0.3, 0.4) is 0 Å². The van der Waals surface area contributed by atoms with Crippen LogP contribution in [0.25, 0.3) is 0 Å². The van der Waals surface area contributed by atoms with Gasteiger partial charge in [0.2, 0.25) is 10.0 Å². The highest BCUT2D eigenvalue weighted by atomic mass is 32.2. The number of likely N-dealkylation sites (tertiary alicyclic amines) is 1. The molecule has 0 aromatic rings. The Balaban J connectivity index is 1.68. The molecule has 2 heterocycles. The maximum absolute atomic E-state index is 12.0. The fourth-order valence-electron chi connectivity index (χ4n) is 2.97. The predicted molar refractivity (Wildman–Crippen MR) is 90.7 cm³/mol. The van der Waals surface area contributed by atoms with Crippen molar-refractivity contribution in [1.82, 2.24) is 14.9 Å². The maximum atomic E-state index is 12.0. The van der Waals surface area contributed by atoms with Crippen LogP contribution in [0.1, 0.15) is 32.6 Å². The smallest absolute Gasteiger partial charge is 0.317 e. The molecule has 2 atom stereocenters. The number of carboxylic acids is 1. The summed E-state index contributed by atoms with van der Waals surface area (Å²) < 4.78 is 31.9. The number of nitrogens with one attached hydrogen (secondary N) is 2. The average Bonchev–Trinajstić information content (AvgIpc) is 2.98. The second kappa shape index (κ2) is 8.33. The predicted octanol–water partition coefficient (Wildman–Crippen LogP) is -0.0189. The molecule has 2 aliphatic heterocycles. The zero-order valence-electron chi connectivity index (χ0n) is 14.5. The fourth-order valence-corrected chi connectivity index (χ4v) is 3.93. The lowest BCUT2D eigenvalue weighted by atomic mass is 9.90. The number of aliphatic carboxylic acids is 1. The first-order chi connectivity index (χ1) is 11.7. The SMILES string of the molecule is CC1(C(=O)O)CCN(C(=O)NCCS(=O)(=O)NCC2CCCCO2)C1. The zero-order chi connectivity index (χ0) is 18.5. The number of ether oxygens (including phenoxy) is 1. The quantitative estimate of drug-likeness (QED) is 0.573. The van der Waals surface area contributed by atoms with E-state index >= 15 is 0 Å². The molecule has 2 rings (SSSR count). The van der Waals surface area contributed by atoms with Gasteiger partial charge in [-0.15, -0.1) is 0 Å². The van der Waals surface area contributed by atoms with E-state index in [2.05, 4.69) is 10.0 Å². The number of sulfonamides is 1. The van der Waals surface area contributed by atoms with Gasteiger partial charge in [-0.3, -0.25) is 4.79 Å². The van der Waals surface area contributed by atoms with Crippen molar-refractivity contribution >= 4 is 22.0 Å². The number of nitrogens with zero attached hydrogens (tertiary/aromatic N) is 1. The number of hydrogen-bond donors (Lipinski definition) is 3. The number of carbonyl (C=O) groups excluding carboxylic acids is 1. The third-order valence-electron chi connectivity index (χ3n) is 4.73. The highest BCUT2D eigenvalue weighted by Crippen LogP contribution is 2.29. The Morgan fingerprint density at radius 2 is 2.12 bits per heavy atom. The summed E-state index contributed by atoms with van der Waals surface area (Å²) in [6.45, 7) is 2.95. The summed E-state index contributed by atoms with van der Waals surface area (Å²) in [6.07, 6.45) is 3.18. The third kappa shape index (κ3) is 5.82. The molecule has 144 valence electrons. The van der Waals surface area contributed by atoms with E-state index in [9.17, 15) is 18.0 Å². The van der Waals surface area contributed by atoms with Crippen LogP contribution in [0.4, 0.5) is 4.79 Å². The summed E-state index contributed by atoms with van der Waals surface area (Å²) in [7, 11) is -3.49. The Morgan fingerprint density at radius 1 is 1.36 bits per heavy atom. The van der Waals surface area contributed by atoms with Crippen molar-refractivity contribution in [3.05, 3.63) is 0 Å². The Bertz CT molecular complexity index is 590. The van der Waals surface area contributed by atoms with E-state index in [1.165, 1.54) is 4.90 Å². The van der Waals surface area contributed by atoms with Crippen molar-refractivity contribution in [1.29, 1.82) is 0 Å². The van der Waals surface area contributed by atoms with Crippen molar-refractivity contribution in [2.24, 2.45) is 5.41 Å². The summed E-state index contributed by atoms with van der Waals surface area (Å²) in [5.41, 5.74) is -0.940. The minimum atomic E-state index is -3.49. The standard InChI is InChI=1S/C15H27N3O6S/c1-15(13(19)20)5-7-18(11-15)14(21)16-6-9-25(22,23)17-10-12-4-2-3-8-24-12/h12,17H,2-11H2,1H3,(H,16,21)(H,19,20). The number of carbonyl (C=O) groups is 2. The minimum absolute atomic E-state index is 0.0278. The van der Waals surface area contributed by atoms with Gasteiger partial charge < -0.3 is 20.1 Å². The molecule has 0 bridgehead atoms. The van der Waals surface area contributed by atoms with Gasteiger partial charge in [-0.25, -0.2) is 17.9 Å². The molecule has 0 radical (unpaired) electrons. The van der Waals surface area contributed by atoms with E-state index in [0.717, 1.165) is 19.3 Å². The molecule has 0 spiro atoms. The number of urea groups is 1. The van der Waals surface area contributed by atoms with Crippen molar-refractivity contribution in [3.63, 3.8) is 0 Å². The highest BCUT2D eigenvalue weighted by Gasteiger charge is 2.42. The van der Waals surface area contributed by atoms with Crippen LogP contribution < -0.4 is 10.0 Å². The molecule has 0 aromatic heterocycles. The molecule has 2 saturated heterocycles. The van der Waals surface area contributed by atoms with Gasteiger partial charge in [0, 0.05) is 32.8 Å². The second-order valence-corrected chi connectivity index (χ2v) is 8.85. The fraction of sp³-hybridized carbons (Fsp3) is 0.867. The van der Waals surface area contributed by atoms with Crippen LogP contribution in [0.2, 0.25) is 0 Å². The van der Waals surface area contributed by atoms with E-state index in [-0.39, 0.29) is 31.5 Å². The van der Waals surface area contributed by atoms with Gasteiger partial charge >= 0.3 is 12.0 Å². The molecular formula is C15H27N3O6S. The van der Waals surface area contributed by atoms with Crippen LogP contribution in [-0.2, 0) is 19.6 Å². The van der Waals surface area contributed by atoms with Crippen LogP contribution in [0, 0.1) is 5.41 Å². The summed E-state index contributed by atoms with van der Waals surface area (Å²) >= 11 is 0. The number of rotatable bonds is 7. The van der Waals surface area contributed by atoms with Crippen LogP contribution in [-0.4, -0.2) is 75.1 Å². The molecule has 2 unspecified atom stereocenters. The van der Waals surface area contributed by atoms with Crippen LogP contribution >= 0.6 is 0 Å². The Labute approximate surface area is 148 Å². The molecule has 2 fully saturated rings. The van der Waals surface area contributed by atoms with Gasteiger partial charge in [0.05, 0.1) is 17.3 Å². The molecule has 25 heavy (non-hydrogen) atoms. The molecule has 2 aliphatic rings. The first kappa shape index (κ1) is 19.9. The number of carboxylic acid groups (broad SMARTS) is 1. The lowest BCUT2D eigenvalue weighted by molar-refractivity contribution is -0.147. The van der Waals surface area contributed by atoms with E-state index < -0.39 is 27.4 Å². The summed E-state index contributed by atoms with van der Waals surface area (Å²) in [5, 5.41) is 11.7. The molecule has 10 heteroatoms. The lowest BCUT2D eigenvalue weighted by Crippen LogP contribution is -2.44. The molecule has 3 N–H and O–H groups in total. The monoisotopic (exact) mass is 377 g/mol. The summed E-state index contributed by atoms with van der Waals surface area (Å²) in [5.74, 6) is -1.16. The minimum Gasteiger partial charge on any atom is -0.481 e. The van der Waals surface area contributed by atoms with Crippen LogP contribution in [0.15, 0.2) is 0 Å². The summed E-state index contributed by atoms with van der Waals surface area (Å²) in [6, 6.07) is -0.434. The number of amides is 2. The van der Waals surface area contributed by atoms with E-state index in [1.807, 2.05) is 0 Å². The molecule has 2 amide bonds. The number of hydrogen-bond acceptors (Lipinski definition) is 5. The van der Waals surface area contributed by atoms with Gasteiger partial charge in [0.25, 0.3) is 0 Å². The first-order valence-electron chi connectivity index (χ1n) is 8.57. The Kier molecular flexibility index (Phi) is 6.64. The normalized spacial score (nSPS) is 27.2. The van der Waals surface area contributed by atoms with Crippen molar-refractivity contribution in [3.8, 4) is 0 Å². The molecule has 0 aliphatic carbocycles. The van der Waals surface area contributed by atoms with E-state index in [4.69, 9.17) is 9.84 Å². The van der Waals surface area contributed by atoms with Gasteiger partial charge in [-0.05, 0) is 32.6 Å². The van der Waals surface area contributed by atoms with E-state index in [0.29, 0.717) is 19.6 Å². The largest absolute Gasteiger partial charge is 0.481 e. The Morgan fingerprint density at radius 3 is 2.72 bits per heavy atom. The zero-order valence-corrected chi connectivity index (χ0v) is 15.3. The topological polar surface area (TPSA) is 125 Å². The first-order valence-corrected chi connectivity index (χ1v) is 10.2. The molecule has 0 saturated carbocycles. The summed E-state index contributed by atoms with van der Waals surface area (Å²) in [4.78, 5) is 24.6. The van der Waals surface area contributed by atoms with Gasteiger partial charge in [-0.2, -0.15) is 0 Å². The van der Waals surface area contributed by atoms with Crippen LogP contribution in [0.5, 0.6) is 0 Å². The molecule has 0 aromatic carbocycles. The maximum Gasteiger partial charge on any atom is 0.317 e. The Hall–Kier alpha value is -1.39. The van der Waals surface area contributed by atoms with E-state index in [1.54, 1.807) is 6.92 Å². The van der Waals surface area contributed by atoms with Gasteiger partial charge in [-0.1, -0.05) is 0 Å². The van der Waals surface area contributed by atoms with Crippen molar-refractivity contribution in [2.75, 3.05) is 38.5 Å². The second-order valence-electron chi connectivity index (χ2n) is 6.93. The lowest BCUT2D eigenvalue weighted by Gasteiger charge is -2.23. The van der Waals surface area contributed by atoms with Crippen molar-refractivity contribution in [2.45, 2.75) is 38.7 Å². The highest BCUT2D eigenvalue weighted by molar-refractivity contribution is 7.89. The third-order valence-corrected chi connectivity index (χ3v) is 6.08. The van der Waals surface area contributed by atoms with Gasteiger partial charge in [0.1, 0.15) is 0 Å².